The molecule has 17 heavy (non-hydrogen) atoms. The normalized spacial score (nSPS) is 9.71. The highest BCUT2D eigenvalue weighted by Crippen LogP contribution is 2.25. The minimum absolute atomic E-state index is 0.655. The van der Waals surface area contributed by atoms with Gasteiger partial charge in [-0.3, -0.25) is 4.79 Å². The minimum Gasteiger partial charge on any atom is -0.354 e. The number of benzene rings is 2. The summed E-state index contributed by atoms with van der Waals surface area (Å²) in [4.78, 5) is 10.5. The number of halogens is 1. The van der Waals surface area contributed by atoms with Crippen LogP contribution in [-0.4, -0.2) is 6.41 Å². The highest BCUT2D eigenvalue weighted by atomic mass is 35.5. The molecular weight excluding hydrogens is 236 g/mol. The summed E-state index contributed by atoms with van der Waals surface area (Å²) in [5, 5.41) is 6.53. The van der Waals surface area contributed by atoms with Gasteiger partial charge in [0.2, 0.25) is 6.41 Å². The molecule has 0 bridgehead atoms. The van der Waals surface area contributed by atoms with Crippen LogP contribution in [0.3, 0.4) is 0 Å². The van der Waals surface area contributed by atoms with Crippen molar-refractivity contribution in [2.24, 2.45) is 0 Å². The van der Waals surface area contributed by atoms with E-state index in [2.05, 4.69) is 10.6 Å². The van der Waals surface area contributed by atoms with Gasteiger partial charge >= 0.3 is 0 Å². The second-order valence-electron chi connectivity index (χ2n) is 3.44. The molecule has 0 spiro atoms. The number of anilines is 3. The van der Waals surface area contributed by atoms with E-state index in [0.717, 1.165) is 17.1 Å². The van der Waals surface area contributed by atoms with Gasteiger partial charge in [-0.05, 0) is 36.4 Å². The summed E-state index contributed by atoms with van der Waals surface area (Å²) in [5.41, 5.74) is 2.48. The quantitative estimate of drug-likeness (QED) is 0.809. The maximum atomic E-state index is 10.5. The van der Waals surface area contributed by atoms with Crippen LogP contribution in [0.5, 0.6) is 0 Å². The van der Waals surface area contributed by atoms with E-state index < -0.39 is 0 Å². The summed E-state index contributed by atoms with van der Waals surface area (Å²) < 4.78 is 0. The van der Waals surface area contributed by atoms with E-state index in [-0.39, 0.29) is 0 Å². The molecule has 0 saturated carbocycles. The molecule has 86 valence electrons. The second-order valence-corrected chi connectivity index (χ2v) is 3.88. The molecule has 2 aromatic rings. The summed E-state index contributed by atoms with van der Waals surface area (Å²) in [6.45, 7) is 0. The average Bonchev–Trinajstić information content (AvgIpc) is 2.35. The largest absolute Gasteiger partial charge is 0.354 e. The lowest BCUT2D eigenvalue weighted by Crippen LogP contribution is -1.99. The van der Waals surface area contributed by atoms with Crippen LogP contribution >= 0.6 is 11.6 Å². The number of amides is 1. The van der Waals surface area contributed by atoms with Gasteiger partial charge in [0, 0.05) is 10.7 Å². The van der Waals surface area contributed by atoms with E-state index in [1.165, 1.54) is 0 Å². The highest BCUT2D eigenvalue weighted by Gasteiger charge is 2.00. The van der Waals surface area contributed by atoms with E-state index in [4.69, 9.17) is 11.6 Å². The number of nitrogens with one attached hydrogen (secondary N) is 2. The molecule has 0 saturated heterocycles. The van der Waals surface area contributed by atoms with Gasteiger partial charge in [0.05, 0.1) is 11.4 Å². The zero-order chi connectivity index (χ0) is 12.1. The molecule has 2 N–H and O–H groups in total. The van der Waals surface area contributed by atoms with Crippen molar-refractivity contribution in [2.45, 2.75) is 0 Å². The number of para-hydroxylation sites is 2. The Kier molecular flexibility index (Phi) is 3.62. The van der Waals surface area contributed by atoms with Gasteiger partial charge in [-0.25, -0.2) is 0 Å². The van der Waals surface area contributed by atoms with Gasteiger partial charge in [0.15, 0.2) is 0 Å². The molecule has 2 aromatic carbocycles. The van der Waals surface area contributed by atoms with Gasteiger partial charge in [-0.15, -0.1) is 0 Å². The van der Waals surface area contributed by atoms with Crippen molar-refractivity contribution in [2.75, 3.05) is 10.6 Å². The van der Waals surface area contributed by atoms with Crippen molar-refractivity contribution >= 4 is 35.1 Å². The number of carbonyl (C=O) groups excluding carboxylic acids is 1. The highest BCUT2D eigenvalue weighted by molar-refractivity contribution is 6.30. The van der Waals surface area contributed by atoms with Crippen molar-refractivity contribution in [1.29, 1.82) is 0 Å². The zero-order valence-electron chi connectivity index (χ0n) is 8.98. The van der Waals surface area contributed by atoms with Crippen LogP contribution in [0.2, 0.25) is 5.02 Å². The van der Waals surface area contributed by atoms with Gasteiger partial charge in [-0.1, -0.05) is 23.7 Å². The van der Waals surface area contributed by atoms with Crippen LogP contribution < -0.4 is 10.6 Å². The molecule has 0 radical (unpaired) electrons. The van der Waals surface area contributed by atoms with Crippen LogP contribution in [0.15, 0.2) is 48.5 Å². The fraction of sp³-hybridized carbons (Fsp3) is 0. The lowest BCUT2D eigenvalue weighted by atomic mass is 10.2. The Balaban J connectivity index is 2.23. The zero-order valence-corrected chi connectivity index (χ0v) is 9.74. The van der Waals surface area contributed by atoms with Crippen molar-refractivity contribution in [3.05, 3.63) is 53.6 Å². The van der Waals surface area contributed by atoms with Gasteiger partial charge < -0.3 is 10.6 Å². The number of rotatable bonds is 4. The van der Waals surface area contributed by atoms with E-state index in [1.54, 1.807) is 12.1 Å². The van der Waals surface area contributed by atoms with Crippen molar-refractivity contribution in [1.82, 2.24) is 0 Å². The fourth-order valence-corrected chi connectivity index (χ4v) is 1.60. The van der Waals surface area contributed by atoms with Crippen LogP contribution in [-0.2, 0) is 4.79 Å². The monoisotopic (exact) mass is 246 g/mol. The van der Waals surface area contributed by atoms with Crippen LogP contribution in [0.4, 0.5) is 17.1 Å². The van der Waals surface area contributed by atoms with Gasteiger partial charge in [0.25, 0.3) is 0 Å². The first-order valence-electron chi connectivity index (χ1n) is 5.11. The average molecular weight is 247 g/mol. The second kappa shape index (κ2) is 5.37. The van der Waals surface area contributed by atoms with Crippen molar-refractivity contribution in [3.8, 4) is 0 Å². The smallest absolute Gasteiger partial charge is 0.211 e. The third-order valence-corrected chi connectivity index (χ3v) is 2.52. The Morgan fingerprint density at radius 1 is 0.941 bits per heavy atom. The molecular formula is C13H11ClN2O. The van der Waals surface area contributed by atoms with Crippen LogP contribution in [0.25, 0.3) is 0 Å². The Hall–Kier alpha value is -2.00. The predicted octanol–water partition coefficient (Wildman–Crippen LogP) is 3.65. The molecule has 0 aliphatic heterocycles. The van der Waals surface area contributed by atoms with Crippen molar-refractivity contribution < 1.29 is 4.79 Å². The summed E-state index contributed by atoms with van der Waals surface area (Å²) in [6.07, 6.45) is 0.655. The lowest BCUT2D eigenvalue weighted by molar-refractivity contribution is -0.105. The SMILES string of the molecule is O=CNc1ccccc1Nc1ccc(Cl)cc1. The number of carbonyl (C=O) groups is 1. The molecule has 3 nitrogen and oxygen atoms in total. The minimum atomic E-state index is 0.655. The molecule has 0 heterocycles. The third kappa shape index (κ3) is 2.98. The molecule has 0 atom stereocenters. The van der Waals surface area contributed by atoms with E-state index >= 15 is 0 Å². The predicted molar refractivity (Wildman–Crippen MR) is 70.9 cm³/mol. The summed E-state index contributed by atoms with van der Waals surface area (Å²) >= 11 is 5.81. The summed E-state index contributed by atoms with van der Waals surface area (Å²) in [7, 11) is 0. The maximum absolute atomic E-state index is 10.5. The first kappa shape index (κ1) is 11.5. The fourth-order valence-electron chi connectivity index (χ4n) is 1.47. The Labute approximate surface area is 104 Å². The van der Waals surface area contributed by atoms with Gasteiger partial charge in [-0.2, -0.15) is 0 Å². The summed E-state index contributed by atoms with van der Waals surface area (Å²) in [6, 6.07) is 14.8. The molecule has 0 aliphatic carbocycles. The Bertz CT molecular complexity index is 511. The van der Waals surface area contributed by atoms with Gasteiger partial charge in [0.1, 0.15) is 0 Å². The maximum Gasteiger partial charge on any atom is 0.211 e. The third-order valence-electron chi connectivity index (χ3n) is 2.26. The van der Waals surface area contributed by atoms with Crippen LogP contribution in [0.1, 0.15) is 0 Å². The molecule has 0 aliphatic rings. The van der Waals surface area contributed by atoms with E-state index in [1.807, 2.05) is 36.4 Å². The van der Waals surface area contributed by atoms with Crippen LogP contribution in [0, 0.1) is 0 Å². The molecule has 2 rings (SSSR count). The first-order chi connectivity index (χ1) is 8.29. The summed E-state index contributed by atoms with van der Waals surface area (Å²) in [5.74, 6) is 0. The Morgan fingerprint density at radius 3 is 2.24 bits per heavy atom. The molecule has 0 aromatic heterocycles. The Morgan fingerprint density at radius 2 is 1.59 bits per heavy atom. The lowest BCUT2D eigenvalue weighted by Gasteiger charge is -2.10. The topological polar surface area (TPSA) is 41.1 Å². The standard InChI is InChI=1S/C13H11ClN2O/c14-10-5-7-11(8-6-10)16-13-4-2-1-3-12(13)15-9-17/h1-9,16H,(H,15,17). The molecule has 0 unspecified atom stereocenters. The van der Waals surface area contributed by atoms with Crippen molar-refractivity contribution in [3.63, 3.8) is 0 Å². The van der Waals surface area contributed by atoms with E-state index in [9.17, 15) is 4.79 Å². The molecule has 4 heteroatoms. The number of hydrogen-bond donors (Lipinski definition) is 2. The number of hydrogen-bond acceptors (Lipinski definition) is 2. The first-order valence-corrected chi connectivity index (χ1v) is 5.49. The molecule has 1 amide bonds. The molecule has 0 fully saturated rings. The van der Waals surface area contributed by atoms with E-state index in [0.29, 0.717) is 11.4 Å².